The summed E-state index contributed by atoms with van der Waals surface area (Å²) in [5, 5.41) is 20.7. The molecule has 2 atom stereocenters. The van der Waals surface area contributed by atoms with Crippen molar-refractivity contribution in [3.63, 3.8) is 0 Å². The summed E-state index contributed by atoms with van der Waals surface area (Å²) >= 11 is 0. The maximum absolute atomic E-state index is 12.9. The lowest BCUT2D eigenvalue weighted by atomic mass is 9.71. The van der Waals surface area contributed by atoms with Crippen LogP contribution in [-0.2, 0) is 16.0 Å². The van der Waals surface area contributed by atoms with Gasteiger partial charge >= 0.3 is 5.97 Å². The van der Waals surface area contributed by atoms with Crippen molar-refractivity contribution in [3.05, 3.63) is 53.9 Å². The summed E-state index contributed by atoms with van der Waals surface area (Å²) in [4.78, 5) is 37.1. The molecule has 164 valence electrons. The van der Waals surface area contributed by atoms with Crippen LogP contribution < -0.4 is 4.90 Å². The summed E-state index contributed by atoms with van der Waals surface area (Å²) in [7, 11) is 0. The van der Waals surface area contributed by atoms with Crippen LogP contribution in [0, 0.1) is 5.41 Å². The lowest BCUT2D eigenvalue weighted by Gasteiger charge is -2.42. The molecule has 9 nitrogen and oxygen atoms in total. The predicted molar refractivity (Wildman–Crippen MR) is 112 cm³/mol. The number of aliphatic carboxylic acids is 1. The van der Waals surface area contributed by atoms with Gasteiger partial charge in [-0.25, -0.2) is 9.97 Å². The highest BCUT2D eigenvalue weighted by Gasteiger charge is 2.49. The largest absolute Gasteiger partial charge is 0.481 e. The van der Waals surface area contributed by atoms with Gasteiger partial charge in [0.25, 0.3) is 5.91 Å². The Labute approximate surface area is 180 Å². The second-order valence-electron chi connectivity index (χ2n) is 8.01. The molecule has 1 amide bonds. The topological polar surface area (TPSA) is 116 Å². The monoisotopic (exact) mass is 426 g/mol. The number of ether oxygens (including phenoxy) is 1. The molecule has 0 bridgehead atoms. The molecule has 2 fully saturated rings. The fourth-order valence-electron chi connectivity index (χ4n) is 4.19. The second kappa shape index (κ2) is 8.99. The van der Waals surface area contributed by atoms with Crippen molar-refractivity contribution in [2.45, 2.75) is 18.9 Å². The Bertz CT molecular complexity index is 917. The number of anilines is 1. The fraction of sp³-hybridized carbons (Fsp3) is 0.455. The number of β-amino-alcohol motifs (C(OH)–C–C–N with tert-alkyl or cyclic N) is 1. The normalized spacial score (nSPS) is 24.1. The van der Waals surface area contributed by atoms with E-state index in [1.54, 1.807) is 0 Å². The third kappa shape index (κ3) is 4.38. The molecule has 3 heterocycles. The molecular weight excluding hydrogens is 400 g/mol. The maximum atomic E-state index is 12.9. The minimum Gasteiger partial charge on any atom is -0.481 e. The standard InChI is InChI=1S/C22H26N4O5/c27-18-15-26(7-6-22(18,20(29)30)12-16-4-2-1-3-5-16)19(28)17-13-23-21(24-14-17)25-8-10-31-11-9-25/h1-5,13-14,18,27H,6-12,15H2,(H,29,30)/t18-,22-/m1/s1. The minimum absolute atomic E-state index is 0.0524. The van der Waals surface area contributed by atoms with Crippen molar-refractivity contribution in [3.8, 4) is 0 Å². The Balaban J connectivity index is 1.44. The third-order valence-corrected chi connectivity index (χ3v) is 6.11. The lowest BCUT2D eigenvalue weighted by molar-refractivity contribution is -0.161. The van der Waals surface area contributed by atoms with Gasteiger partial charge in [-0.05, 0) is 18.4 Å². The Hall–Kier alpha value is -3.04. The van der Waals surface area contributed by atoms with Crippen molar-refractivity contribution in [2.75, 3.05) is 44.3 Å². The van der Waals surface area contributed by atoms with Crippen LogP contribution in [0.3, 0.4) is 0 Å². The zero-order valence-electron chi connectivity index (χ0n) is 17.2. The zero-order chi connectivity index (χ0) is 21.8. The summed E-state index contributed by atoms with van der Waals surface area (Å²) in [5.41, 5.74) is -0.166. The molecule has 0 spiro atoms. The highest BCUT2D eigenvalue weighted by Crippen LogP contribution is 2.36. The van der Waals surface area contributed by atoms with Gasteiger partial charge in [-0.3, -0.25) is 9.59 Å². The SMILES string of the molecule is O=C(c1cnc(N2CCOCC2)nc1)N1CC[C@](Cc2ccccc2)(C(=O)O)[C@H](O)C1. The first-order chi connectivity index (χ1) is 15.0. The van der Waals surface area contributed by atoms with Crippen molar-refractivity contribution in [1.29, 1.82) is 0 Å². The molecule has 4 rings (SSSR count). The van der Waals surface area contributed by atoms with Crippen LogP contribution >= 0.6 is 0 Å². The van der Waals surface area contributed by atoms with Crippen molar-refractivity contribution < 1.29 is 24.5 Å². The van der Waals surface area contributed by atoms with Crippen LogP contribution in [0.15, 0.2) is 42.7 Å². The zero-order valence-corrected chi connectivity index (χ0v) is 17.2. The number of amides is 1. The summed E-state index contributed by atoms with van der Waals surface area (Å²) < 4.78 is 5.32. The number of carbonyl (C=O) groups is 2. The van der Waals surface area contributed by atoms with Crippen LogP contribution in [0.1, 0.15) is 22.3 Å². The van der Waals surface area contributed by atoms with E-state index in [0.717, 1.165) is 5.56 Å². The number of morpholine rings is 1. The number of piperidine rings is 1. The number of carbonyl (C=O) groups excluding carboxylic acids is 1. The Kier molecular flexibility index (Phi) is 6.15. The summed E-state index contributed by atoms with van der Waals surface area (Å²) in [5.74, 6) is -0.813. The lowest BCUT2D eigenvalue weighted by Crippen LogP contribution is -2.57. The molecule has 0 unspecified atom stereocenters. The first-order valence-corrected chi connectivity index (χ1v) is 10.4. The highest BCUT2D eigenvalue weighted by atomic mass is 16.5. The van der Waals surface area contributed by atoms with Gasteiger partial charge in [-0.2, -0.15) is 0 Å². The quantitative estimate of drug-likeness (QED) is 0.722. The molecular formula is C22H26N4O5. The molecule has 0 saturated carbocycles. The van der Waals surface area contributed by atoms with Gasteiger partial charge in [-0.15, -0.1) is 0 Å². The van der Waals surface area contributed by atoms with Gasteiger partial charge in [0.15, 0.2) is 0 Å². The first-order valence-electron chi connectivity index (χ1n) is 10.4. The van der Waals surface area contributed by atoms with Crippen LogP contribution in [0.2, 0.25) is 0 Å². The summed E-state index contributed by atoms with van der Waals surface area (Å²) in [6.07, 6.45) is 2.16. The molecule has 31 heavy (non-hydrogen) atoms. The maximum Gasteiger partial charge on any atom is 0.312 e. The van der Waals surface area contributed by atoms with Crippen molar-refractivity contribution >= 4 is 17.8 Å². The Morgan fingerprint density at radius 2 is 1.77 bits per heavy atom. The number of rotatable bonds is 5. The first kappa shape index (κ1) is 21.2. The van der Waals surface area contributed by atoms with E-state index in [2.05, 4.69) is 9.97 Å². The number of likely N-dealkylation sites (tertiary alicyclic amines) is 1. The Morgan fingerprint density at radius 1 is 1.10 bits per heavy atom. The van der Waals surface area contributed by atoms with Gasteiger partial charge < -0.3 is 24.7 Å². The van der Waals surface area contributed by atoms with E-state index < -0.39 is 17.5 Å². The van der Waals surface area contributed by atoms with E-state index in [1.165, 1.54) is 17.3 Å². The third-order valence-electron chi connectivity index (χ3n) is 6.11. The minimum atomic E-state index is -1.32. The molecule has 2 aliphatic heterocycles. The highest BCUT2D eigenvalue weighted by molar-refractivity contribution is 5.94. The average Bonchev–Trinajstić information content (AvgIpc) is 2.81. The van der Waals surface area contributed by atoms with Gasteiger partial charge in [0.2, 0.25) is 5.95 Å². The number of carboxylic acids is 1. The molecule has 0 aliphatic carbocycles. The van der Waals surface area contributed by atoms with Gasteiger partial charge in [-0.1, -0.05) is 30.3 Å². The van der Waals surface area contributed by atoms with E-state index in [-0.39, 0.29) is 31.8 Å². The molecule has 9 heteroatoms. The molecule has 1 aromatic heterocycles. The van der Waals surface area contributed by atoms with Crippen LogP contribution in [0.4, 0.5) is 5.95 Å². The number of benzene rings is 1. The van der Waals surface area contributed by atoms with E-state index in [9.17, 15) is 19.8 Å². The summed E-state index contributed by atoms with van der Waals surface area (Å²) in [6.45, 7) is 2.81. The van der Waals surface area contributed by atoms with Crippen LogP contribution in [-0.4, -0.2) is 82.5 Å². The fourth-order valence-corrected chi connectivity index (χ4v) is 4.19. The number of hydrogen-bond donors (Lipinski definition) is 2. The number of aliphatic hydroxyl groups excluding tert-OH is 1. The number of carboxylic acid groups (broad SMARTS) is 1. The molecule has 2 aromatic rings. The van der Waals surface area contributed by atoms with Crippen molar-refractivity contribution in [1.82, 2.24) is 14.9 Å². The van der Waals surface area contributed by atoms with E-state index in [4.69, 9.17) is 4.74 Å². The van der Waals surface area contributed by atoms with E-state index in [0.29, 0.717) is 37.8 Å². The average molecular weight is 426 g/mol. The number of aromatic nitrogens is 2. The molecule has 0 radical (unpaired) electrons. The molecule has 1 aromatic carbocycles. The number of aliphatic hydroxyl groups is 1. The predicted octanol–water partition coefficient (Wildman–Crippen LogP) is 0.834. The Morgan fingerprint density at radius 3 is 2.39 bits per heavy atom. The molecule has 2 saturated heterocycles. The molecule has 2 aliphatic rings. The summed E-state index contributed by atoms with van der Waals surface area (Å²) in [6, 6.07) is 9.25. The van der Waals surface area contributed by atoms with Crippen molar-refractivity contribution in [2.24, 2.45) is 5.41 Å². The number of nitrogens with zero attached hydrogens (tertiary/aromatic N) is 4. The van der Waals surface area contributed by atoms with Crippen LogP contribution in [0.5, 0.6) is 0 Å². The van der Waals surface area contributed by atoms with Crippen LogP contribution in [0.25, 0.3) is 0 Å². The molecule has 2 N–H and O–H groups in total. The second-order valence-corrected chi connectivity index (χ2v) is 8.01. The van der Waals surface area contributed by atoms with Gasteiger partial charge in [0.1, 0.15) is 5.41 Å². The van der Waals surface area contributed by atoms with Gasteiger partial charge in [0.05, 0.1) is 24.9 Å². The van der Waals surface area contributed by atoms with E-state index >= 15 is 0 Å². The van der Waals surface area contributed by atoms with Gasteiger partial charge in [0, 0.05) is 38.6 Å². The number of hydrogen-bond acceptors (Lipinski definition) is 7. The van der Waals surface area contributed by atoms with E-state index in [1.807, 2.05) is 35.2 Å². The smallest absolute Gasteiger partial charge is 0.312 e.